The number of hydrogen-bond acceptors (Lipinski definition) is 3. The first kappa shape index (κ1) is 16.6. The summed E-state index contributed by atoms with van der Waals surface area (Å²) in [4.78, 5) is 25.9. The lowest BCUT2D eigenvalue weighted by atomic mass is 10.1. The number of benzene rings is 1. The average Bonchev–Trinajstić information content (AvgIpc) is 3.22. The molecule has 1 aromatic carbocycles. The highest BCUT2D eigenvalue weighted by Gasteiger charge is 2.37. The standard InChI is InChI=1S/C16H17F3N2O3/c17-16(18,19)24-13-4-2-1-3-12(13)20-15(23)11-7-14(22)21(9-11)8-10-5-6-10/h1-4,10-11H,5-9H2,(H,20,23). The van der Waals surface area contributed by atoms with Crippen molar-refractivity contribution >= 4 is 17.5 Å². The van der Waals surface area contributed by atoms with E-state index in [2.05, 4.69) is 10.1 Å². The molecule has 1 saturated carbocycles. The number of para-hydroxylation sites is 2. The number of ether oxygens (including phenoxy) is 1. The van der Waals surface area contributed by atoms with E-state index >= 15 is 0 Å². The number of hydrogen-bond donors (Lipinski definition) is 1. The van der Waals surface area contributed by atoms with Gasteiger partial charge in [-0.2, -0.15) is 0 Å². The maximum Gasteiger partial charge on any atom is 0.573 e. The molecule has 1 heterocycles. The van der Waals surface area contributed by atoms with Gasteiger partial charge in [-0.3, -0.25) is 9.59 Å². The fraction of sp³-hybridized carbons (Fsp3) is 0.500. The number of carbonyl (C=O) groups is 2. The number of alkyl halides is 3. The fourth-order valence-electron chi connectivity index (χ4n) is 2.75. The van der Waals surface area contributed by atoms with E-state index in [-0.39, 0.29) is 18.0 Å². The first-order chi connectivity index (χ1) is 11.3. The average molecular weight is 342 g/mol. The lowest BCUT2D eigenvalue weighted by molar-refractivity contribution is -0.274. The van der Waals surface area contributed by atoms with Crippen molar-refractivity contribution in [2.75, 3.05) is 18.4 Å². The Labute approximate surface area is 136 Å². The van der Waals surface area contributed by atoms with Crippen molar-refractivity contribution < 1.29 is 27.5 Å². The van der Waals surface area contributed by atoms with Crippen LogP contribution in [0, 0.1) is 11.8 Å². The number of amides is 2. The topological polar surface area (TPSA) is 58.6 Å². The minimum Gasteiger partial charge on any atom is -0.404 e. The summed E-state index contributed by atoms with van der Waals surface area (Å²) in [6, 6.07) is 5.34. The second-order valence-electron chi connectivity index (χ2n) is 6.18. The maximum atomic E-state index is 12.4. The number of nitrogens with zero attached hydrogens (tertiary/aromatic N) is 1. The van der Waals surface area contributed by atoms with Crippen molar-refractivity contribution in [1.82, 2.24) is 4.90 Å². The zero-order valence-corrected chi connectivity index (χ0v) is 12.8. The van der Waals surface area contributed by atoms with Gasteiger partial charge < -0.3 is 15.0 Å². The first-order valence-electron chi connectivity index (χ1n) is 7.75. The summed E-state index contributed by atoms with van der Waals surface area (Å²) >= 11 is 0. The first-order valence-corrected chi connectivity index (χ1v) is 7.75. The largest absolute Gasteiger partial charge is 0.573 e. The van der Waals surface area contributed by atoms with Crippen LogP contribution in [-0.4, -0.2) is 36.2 Å². The Kier molecular flexibility index (Phi) is 4.38. The number of likely N-dealkylation sites (tertiary alicyclic amines) is 1. The van der Waals surface area contributed by atoms with Gasteiger partial charge in [0.2, 0.25) is 11.8 Å². The zero-order chi connectivity index (χ0) is 17.3. The molecule has 0 bridgehead atoms. The molecule has 0 radical (unpaired) electrons. The summed E-state index contributed by atoms with van der Waals surface area (Å²) in [5.41, 5.74) is -0.0621. The van der Waals surface area contributed by atoms with Gasteiger partial charge in [0.1, 0.15) is 0 Å². The molecule has 2 aliphatic rings. The Morgan fingerprint density at radius 2 is 2.00 bits per heavy atom. The highest BCUT2D eigenvalue weighted by atomic mass is 19.4. The Morgan fingerprint density at radius 1 is 1.29 bits per heavy atom. The summed E-state index contributed by atoms with van der Waals surface area (Å²) in [5, 5.41) is 2.44. The lowest BCUT2D eigenvalue weighted by Gasteiger charge is -2.17. The summed E-state index contributed by atoms with van der Waals surface area (Å²) < 4.78 is 41.1. The molecule has 130 valence electrons. The van der Waals surface area contributed by atoms with Gasteiger partial charge in [-0.25, -0.2) is 0 Å². The molecule has 1 aromatic rings. The van der Waals surface area contributed by atoms with Gasteiger partial charge in [0.25, 0.3) is 0 Å². The van der Waals surface area contributed by atoms with Gasteiger partial charge in [0.05, 0.1) is 11.6 Å². The highest BCUT2D eigenvalue weighted by molar-refractivity contribution is 5.98. The number of halogens is 3. The number of anilines is 1. The predicted octanol–water partition coefficient (Wildman–Crippen LogP) is 2.78. The van der Waals surface area contributed by atoms with Crippen LogP contribution in [0.4, 0.5) is 18.9 Å². The third-order valence-electron chi connectivity index (χ3n) is 4.13. The minimum absolute atomic E-state index is 0.0621. The quantitative estimate of drug-likeness (QED) is 0.895. The zero-order valence-electron chi connectivity index (χ0n) is 12.8. The van der Waals surface area contributed by atoms with Crippen molar-refractivity contribution in [2.45, 2.75) is 25.6 Å². The van der Waals surface area contributed by atoms with Crippen LogP contribution in [0.15, 0.2) is 24.3 Å². The van der Waals surface area contributed by atoms with Gasteiger partial charge in [0, 0.05) is 19.5 Å². The molecule has 0 aromatic heterocycles. The Hall–Kier alpha value is -2.25. The molecule has 5 nitrogen and oxygen atoms in total. The summed E-state index contributed by atoms with van der Waals surface area (Å²) in [7, 11) is 0. The minimum atomic E-state index is -4.84. The normalized spacial score (nSPS) is 21.0. The van der Waals surface area contributed by atoms with Crippen LogP contribution in [0.1, 0.15) is 19.3 Å². The lowest BCUT2D eigenvalue weighted by Crippen LogP contribution is -2.30. The van der Waals surface area contributed by atoms with E-state index in [4.69, 9.17) is 0 Å². The van der Waals surface area contributed by atoms with E-state index in [0.717, 1.165) is 18.9 Å². The van der Waals surface area contributed by atoms with E-state index < -0.39 is 23.9 Å². The van der Waals surface area contributed by atoms with Crippen LogP contribution in [0.3, 0.4) is 0 Å². The van der Waals surface area contributed by atoms with Gasteiger partial charge in [-0.05, 0) is 30.9 Å². The van der Waals surface area contributed by atoms with Crippen LogP contribution < -0.4 is 10.1 Å². The molecule has 1 N–H and O–H groups in total. The second-order valence-corrected chi connectivity index (χ2v) is 6.18. The molecule has 8 heteroatoms. The van der Waals surface area contributed by atoms with Crippen molar-refractivity contribution in [3.8, 4) is 5.75 Å². The second kappa shape index (κ2) is 6.33. The van der Waals surface area contributed by atoms with Crippen molar-refractivity contribution in [3.05, 3.63) is 24.3 Å². The van der Waals surface area contributed by atoms with E-state index in [9.17, 15) is 22.8 Å². The molecule has 1 aliphatic heterocycles. The molecule has 24 heavy (non-hydrogen) atoms. The van der Waals surface area contributed by atoms with Crippen LogP contribution in [0.5, 0.6) is 5.75 Å². The van der Waals surface area contributed by atoms with E-state index in [0.29, 0.717) is 19.0 Å². The third-order valence-corrected chi connectivity index (χ3v) is 4.13. The van der Waals surface area contributed by atoms with Crippen LogP contribution in [0.2, 0.25) is 0 Å². The highest BCUT2D eigenvalue weighted by Crippen LogP contribution is 2.33. The molecule has 0 spiro atoms. The Balaban J connectivity index is 1.64. The van der Waals surface area contributed by atoms with Gasteiger partial charge in [-0.1, -0.05) is 12.1 Å². The summed E-state index contributed by atoms with van der Waals surface area (Å²) in [6.07, 6.45) is -2.56. The van der Waals surface area contributed by atoms with E-state index in [1.165, 1.54) is 18.2 Å². The van der Waals surface area contributed by atoms with Crippen molar-refractivity contribution in [3.63, 3.8) is 0 Å². The SMILES string of the molecule is O=C(Nc1ccccc1OC(F)(F)F)C1CC(=O)N(CC2CC2)C1. The molecule has 2 fully saturated rings. The summed E-state index contributed by atoms with van der Waals surface area (Å²) in [6.45, 7) is 0.972. The monoisotopic (exact) mass is 342 g/mol. The fourth-order valence-corrected chi connectivity index (χ4v) is 2.75. The van der Waals surface area contributed by atoms with E-state index in [1.807, 2.05) is 0 Å². The number of carbonyl (C=O) groups excluding carboxylic acids is 2. The molecule has 1 unspecified atom stereocenters. The van der Waals surface area contributed by atoms with Gasteiger partial charge >= 0.3 is 6.36 Å². The smallest absolute Gasteiger partial charge is 0.404 e. The van der Waals surface area contributed by atoms with Crippen LogP contribution in [0.25, 0.3) is 0 Å². The van der Waals surface area contributed by atoms with Gasteiger partial charge in [-0.15, -0.1) is 13.2 Å². The van der Waals surface area contributed by atoms with E-state index in [1.54, 1.807) is 4.90 Å². The van der Waals surface area contributed by atoms with Crippen LogP contribution >= 0.6 is 0 Å². The van der Waals surface area contributed by atoms with Gasteiger partial charge in [0.15, 0.2) is 5.75 Å². The number of rotatable bonds is 5. The molecular weight excluding hydrogens is 325 g/mol. The molecule has 3 rings (SSSR count). The molecule has 2 amide bonds. The Bertz CT molecular complexity index is 644. The van der Waals surface area contributed by atoms with Crippen LogP contribution in [-0.2, 0) is 9.59 Å². The summed E-state index contributed by atoms with van der Waals surface area (Å²) in [5.74, 6) is -1.06. The Morgan fingerprint density at radius 3 is 2.67 bits per heavy atom. The number of nitrogens with one attached hydrogen (secondary N) is 1. The molecular formula is C16H17F3N2O3. The maximum absolute atomic E-state index is 12.4. The molecule has 1 aliphatic carbocycles. The predicted molar refractivity (Wildman–Crippen MR) is 79.2 cm³/mol. The van der Waals surface area contributed by atoms with Crippen molar-refractivity contribution in [1.29, 1.82) is 0 Å². The van der Waals surface area contributed by atoms with Crippen molar-refractivity contribution in [2.24, 2.45) is 11.8 Å². The molecule has 1 saturated heterocycles. The molecule has 1 atom stereocenters. The third kappa shape index (κ3) is 4.18.